The van der Waals surface area contributed by atoms with Crippen LogP contribution in [0.1, 0.15) is 84.1 Å². The van der Waals surface area contributed by atoms with Gasteiger partial charge in [-0.15, -0.1) is 0 Å². The summed E-state index contributed by atoms with van der Waals surface area (Å²) in [7, 11) is 0. The first kappa shape index (κ1) is 17.2. The smallest absolute Gasteiger partial charge is 0.127 e. The third kappa shape index (κ3) is 2.85. The Morgan fingerprint density at radius 3 is 1.91 bits per heavy atom. The SMILES string of the molecule is Cc1c2c(c(C(C)(C)C)c(O)c1C(C)(C)C)CCC(C)(C)O2. The molecular weight excluding hydrogens is 272 g/mol. The lowest BCUT2D eigenvalue weighted by molar-refractivity contribution is 0.0823. The molecule has 0 fully saturated rings. The van der Waals surface area contributed by atoms with Crippen LogP contribution >= 0.6 is 0 Å². The van der Waals surface area contributed by atoms with Crippen LogP contribution in [-0.2, 0) is 17.3 Å². The fraction of sp³-hybridized carbons (Fsp3) is 0.700. The van der Waals surface area contributed by atoms with Gasteiger partial charge in [-0.1, -0.05) is 41.5 Å². The van der Waals surface area contributed by atoms with E-state index in [1.54, 1.807) is 0 Å². The fourth-order valence-electron chi connectivity index (χ4n) is 3.75. The summed E-state index contributed by atoms with van der Waals surface area (Å²) in [6, 6.07) is 0. The molecule has 1 aliphatic heterocycles. The highest BCUT2D eigenvalue weighted by molar-refractivity contribution is 5.63. The maximum Gasteiger partial charge on any atom is 0.127 e. The molecule has 0 unspecified atom stereocenters. The van der Waals surface area contributed by atoms with Crippen molar-refractivity contribution < 1.29 is 9.84 Å². The van der Waals surface area contributed by atoms with Gasteiger partial charge in [0.05, 0.1) is 0 Å². The lowest BCUT2D eigenvalue weighted by Gasteiger charge is -2.39. The van der Waals surface area contributed by atoms with E-state index in [0.717, 1.165) is 35.3 Å². The minimum absolute atomic E-state index is 0.104. The van der Waals surface area contributed by atoms with Gasteiger partial charge in [-0.25, -0.2) is 0 Å². The van der Waals surface area contributed by atoms with Gasteiger partial charge < -0.3 is 9.84 Å². The van der Waals surface area contributed by atoms with Crippen LogP contribution < -0.4 is 4.74 Å². The van der Waals surface area contributed by atoms with Crippen molar-refractivity contribution in [2.45, 2.75) is 91.6 Å². The van der Waals surface area contributed by atoms with E-state index in [1.165, 1.54) is 5.56 Å². The number of hydrogen-bond acceptors (Lipinski definition) is 2. The molecule has 22 heavy (non-hydrogen) atoms. The molecule has 1 heterocycles. The molecule has 2 rings (SSSR count). The van der Waals surface area contributed by atoms with E-state index in [4.69, 9.17) is 4.74 Å². The Bertz CT molecular complexity index is 596. The van der Waals surface area contributed by atoms with Crippen LogP contribution in [0.15, 0.2) is 0 Å². The molecule has 0 aromatic heterocycles. The quantitative estimate of drug-likeness (QED) is 0.695. The van der Waals surface area contributed by atoms with Crippen molar-refractivity contribution in [3.05, 3.63) is 22.3 Å². The average molecular weight is 304 g/mol. The number of rotatable bonds is 0. The summed E-state index contributed by atoms with van der Waals surface area (Å²) in [4.78, 5) is 0. The topological polar surface area (TPSA) is 29.5 Å². The predicted octanol–water partition coefficient (Wildman–Crippen LogP) is 5.40. The third-order valence-electron chi connectivity index (χ3n) is 4.62. The van der Waals surface area contributed by atoms with Gasteiger partial charge in [-0.2, -0.15) is 0 Å². The zero-order chi connectivity index (χ0) is 17.1. The first-order chi connectivity index (χ1) is 9.76. The van der Waals surface area contributed by atoms with Crippen molar-refractivity contribution in [2.24, 2.45) is 0 Å². The van der Waals surface area contributed by atoms with Gasteiger partial charge in [0.1, 0.15) is 17.1 Å². The molecule has 0 atom stereocenters. The Morgan fingerprint density at radius 1 is 0.955 bits per heavy atom. The lowest BCUT2D eigenvalue weighted by atomic mass is 9.73. The number of phenolic OH excluding ortho intramolecular Hbond substituents is 1. The number of ether oxygens (including phenoxy) is 1. The maximum atomic E-state index is 11.1. The molecule has 0 saturated heterocycles. The zero-order valence-electron chi connectivity index (χ0n) is 15.8. The Balaban J connectivity index is 2.87. The van der Waals surface area contributed by atoms with Gasteiger partial charge in [0.15, 0.2) is 0 Å². The molecule has 0 spiro atoms. The summed E-state index contributed by atoms with van der Waals surface area (Å²) in [5.74, 6) is 1.48. The molecule has 1 aromatic rings. The zero-order valence-corrected chi connectivity index (χ0v) is 15.8. The van der Waals surface area contributed by atoms with Crippen LogP contribution in [0.4, 0.5) is 0 Å². The number of aromatic hydroxyl groups is 1. The molecule has 0 bridgehead atoms. The molecule has 1 aliphatic rings. The van der Waals surface area contributed by atoms with E-state index in [9.17, 15) is 5.11 Å². The number of fused-ring (bicyclic) bond motifs is 1. The highest BCUT2D eigenvalue weighted by Crippen LogP contribution is 2.50. The summed E-state index contributed by atoms with van der Waals surface area (Å²) in [5, 5.41) is 11.1. The van der Waals surface area contributed by atoms with E-state index < -0.39 is 0 Å². The lowest BCUT2D eigenvalue weighted by Crippen LogP contribution is -2.35. The summed E-state index contributed by atoms with van der Waals surface area (Å²) in [5.41, 5.74) is 4.03. The van der Waals surface area contributed by atoms with Gasteiger partial charge in [0.25, 0.3) is 0 Å². The van der Waals surface area contributed by atoms with Gasteiger partial charge in [0, 0.05) is 16.7 Å². The normalized spacial score (nSPS) is 17.9. The highest BCUT2D eigenvalue weighted by atomic mass is 16.5. The number of phenols is 1. The van der Waals surface area contributed by atoms with Crippen LogP contribution in [0.3, 0.4) is 0 Å². The first-order valence-corrected chi connectivity index (χ1v) is 8.34. The van der Waals surface area contributed by atoms with Crippen molar-refractivity contribution in [3.63, 3.8) is 0 Å². The second-order valence-corrected chi connectivity index (χ2v) is 9.39. The molecule has 1 N–H and O–H groups in total. The molecule has 0 amide bonds. The molecular formula is C20H32O2. The molecule has 0 radical (unpaired) electrons. The van der Waals surface area contributed by atoms with Crippen molar-refractivity contribution in [2.75, 3.05) is 0 Å². The molecule has 2 nitrogen and oxygen atoms in total. The fourth-order valence-corrected chi connectivity index (χ4v) is 3.75. The Labute approximate surface area is 135 Å². The third-order valence-corrected chi connectivity index (χ3v) is 4.62. The summed E-state index contributed by atoms with van der Waals surface area (Å²) in [6.45, 7) is 19.4. The second-order valence-electron chi connectivity index (χ2n) is 9.39. The van der Waals surface area contributed by atoms with Gasteiger partial charge in [-0.3, -0.25) is 0 Å². The van der Waals surface area contributed by atoms with Crippen molar-refractivity contribution in [3.8, 4) is 11.5 Å². The van der Waals surface area contributed by atoms with Crippen LogP contribution in [0.5, 0.6) is 11.5 Å². The van der Waals surface area contributed by atoms with E-state index in [2.05, 4.69) is 62.3 Å². The Kier molecular flexibility index (Phi) is 3.83. The largest absolute Gasteiger partial charge is 0.507 e. The van der Waals surface area contributed by atoms with E-state index >= 15 is 0 Å². The highest BCUT2D eigenvalue weighted by Gasteiger charge is 2.37. The van der Waals surface area contributed by atoms with E-state index in [0.29, 0.717) is 5.75 Å². The predicted molar refractivity (Wildman–Crippen MR) is 93.3 cm³/mol. The van der Waals surface area contributed by atoms with Crippen LogP contribution in [-0.4, -0.2) is 10.7 Å². The standard InChI is InChI=1S/C20H32O2/c1-12-14(18(2,3)4)16(21)15(19(5,6)7)13-10-11-20(8,9)22-17(12)13/h21H,10-11H2,1-9H3. The number of benzene rings is 1. The second kappa shape index (κ2) is 4.91. The first-order valence-electron chi connectivity index (χ1n) is 8.34. The summed E-state index contributed by atoms with van der Waals surface area (Å²) in [6.07, 6.45) is 1.95. The van der Waals surface area contributed by atoms with Gasteiger partial charge >= 0.3 is 0 Å². The van der Waals surface area contributed by atoms with Gasteiger partial charge in [0.2, 0.25) is 0 Å². The Hall–Kier alpha value is -1.18. The maximum absolute atomic E-state index is 11.1. The molecule has 0 aliphatic carbocycles. The minimum atomic E-state index is -0.140. The van der Waals surface area contributed by atoms with E-state index in [-0.39, 0.29) is 16.4 Å². The Morgan fingerprint density at radius 2 is 1.45 bits per heavy atom. The molecule has 2 heteroatoms. The van der Waals surface area contributed by atoms with Crippen LogP contribution in [0.2, 0.25) is 0 Å². The van der Waals surface area contributed by atoms with Crippen LogP contribution in [0.25, 0.3) is 0 Å². The number of hydrogen-bond donors (Lipinski definition) is 1. The van der Waals surface area contributed by atoms with Crippen LogP contribution in [0, 0.1) is 6.92 Å². The van der Waals surface area contributed by atoms with Gasteiger partial charge in [-0.05, 0) is 50.0 Å². The van der Waals surface area contributed by atoms with Crippen molar-refractivity contribution in [1.82, 2.24) is 0 Å². The van der Waals surface area contributed by atoms with Crippen molar-refractivity contribution >= 4 is 0 Å². The minimum Gasteiger partial charge on any atom is -0.507 e. The summed E-state index contributed by atoms with van der Waals surface area (Å²) < 4.78 is 6.37. The molecule has 1 aromatic carbocycles. The monoisotopic (exact) mass is 304 g/mol. The average Bonchev–Trinajstić information content (AvgIpc) is 2.26. The molecule has 124 valence electrons. The molecule has 0 saturated carbocycles. The van der Waals surface area contributed by atoms with E-state index in [1.807, 2.05) is 0 Å². The summed E-state index contributed by atoms with van der Waals surface area (Å²) >= 11 is 0. The van der Waals surface area contributed by atoms with Crippen molar-refractivity contribution in [1.29, 1.82) is 0 Å².